The average Bonchev–Trinajstić information content (AvgIpc) is 3.86. The van der Waals surface area contributed by atoms with Crippen LogP contribution >= 0.6 is 0 Å². The molecule has 0 saturated carbocycles. The first-order chi connectivity index (χ1) is 28.0. The zero-order valence-corrected chi connectivity index (χ0v) is 31.7. The summed E-state index contributed by atoms with van der Waals surface area (Å²) in [5, 5.41) is 5.08. The number of benzene rings is 8. The van der Waals surface area contributed by atoms with Crippen molar-refractivity contribution in [2.45, 2.75) is 19.3 Å². The monoisotopic (exact) mass is 724 g/mol. The molecule has 0 fully saturated rings. The fraction of sp³-hybridized carbons (Fsp3) is 0.0545. The van der Waals surface area contributed by atoms with E-state index in [0.29, 0.717) is 0 Å². The van der Waals surface area contributed by atoms with E-state index in [0.717, 1.165) is 27.9 Å². The fourth-order valence-electron chi connectivity index (χ4n) is 8.96. The molecule has 10 aromatic rings. The molecule has 0 N–H and O–H groups in total. The molecule has 266 valence electrons. The van der Waals surface area contributed by atoms with Gasteiger partial charge in [0.05, 0.1) is 22.1 Å². The van der Waals surface area contributed by atoms with Gasteiger partial charge in [-0.1, -0.05) is 122 Å². The molecule has 0 saturated heterocycles. The largest absolute Gasteiger partial charge is 0.309 e. The summed E-state index contributed by atoms with van der Waals surface area (Å²) >= 11 is 0. The third kappa shape index (κ3) is 5.31. The van der Waals surface area contributed by atoms with Gasteiger partial charge in [-0.2, -0.15) is 0 Å². The molecule has 11 rings (SSSR count). The Kier molecular flexibility index (Phi) is 7.37. The van der Waals surface area contributed by atoms with Gasteiger partial charge in [0.2, 0.25) is 0 Å². The number of aromatic nitrogens is 2. The second kappa shape index (κ2) is 12.8. The summed E-state index contributed by atoms with van der Waals surface area (Å²) in [6.45, 7) is 4.68. The van der Waals surface area contributed by atoms with Crippen LogP contribution in [-0.4, -0.2) is 9.13 Å². The minimum atomic E-state index is -0.164. The van der Waals surface area contributed by atoms with E-state index in [-0.39, 0.29) is 5.41 Å². The Morgan fingerprint density at radius 1 is 0.333 bits per heavy atom. The van der Waals surface area contributed by atoms with Gasteiger partial charge in [0.1, 0.15) is 0 Å². The predicted octanol–water partition coefficient (Wildman–Crippen LogP) is 13.0. The first-order valence-corrected chi connectivity index (χ1v) is 19.5. The summed E-state index contributed by atoms with van der Waals surface area (Å²) in [5.74, 6) is 13.6. The molecule has 0 unspecified atom stereocenters. The molecule has 0 atom stereocenters. The zero-order chi connectivity index (χ0) is 38.1. The molecule has 2 heterocycles. The molecule has 1 aliphatic rings. The molecule has 2 nitrogen and oxygen atoms in total. The van der Waals surface area contributed by atoms with Crippen LogP contribution in [0, 0.1) is 23.7 Å². The van der Waals surface area contributed by atoms with Crippen LogP contribution in [0.5, 0.6) is 0 Å². The van der Waals surface area contributed by atoms with Crippen molar-refractivity contribution in [2.75, 3.05) is 0 Å². The normalized spacial score (nSPS) is 12.6. The fourth-order valence-corrected chi connectivity index (χ4v) is 8.96. The second-order valence-electron chi connectivity index (χ2n) is 15.5. The maximum atomic E-state index is 3.45. The topological polar surface area (TPSA) is 9.86 Å². The number of para-hydroxylation sites is 4. The van der Waals surface area contributed by atoms with Gasteiger partial charge in [-0.25, -0.2) is 0 Å². The minimum absolute atomic E-state index is 0.164. The Bertz CT molecular complexity index is 3260. The van der Waals surface area contributed by atoms with Crippen LogP contribution in [0.4, 0.5) is 0 Å². The molecule has 2 aromatic heterocycles. The van der Waals surface area contributed by atoms with Crippen LogP contribution in [0.25, 0.3) is 66.1 Å². The lowest BCUT2D eigenvalue weighted by Gasteiger charge is -2.22. The Balaban J connectivity index is 0.832. The third-order valence-electron chi connectivity index (χ3n) is 11.8. The van der Waals surface area contributed by atoms with E-state index in [1.165, 1.54) is 71.6 Å². The first-order valence-electron chi connectivity index (χ1n) is 19.5. The third-order valence-corrected chi connectivity index (χ3v) is 11.8. The Morgan fingerprint density at radius 3 is 1.14 bits per heavy atom. The Morgan fingerprint density at radius 2 is 0.667 bits per heavy atom. The summed E-state index contributed by atoms with van der Waals surface area (Å²) in [6.07, 6.45) is 0. The van der Waals surface area contributed by atoms with Gasteiger partial charge in [-0.3, -0.25) is 0 Å². The van der Waals surface area contributed by atoms with Crippen molar-refractivity contribution in [3.8, 4) is 46.2 Å². The van der Waals surface area contributed by atoms with Crippen LogP contribution < -0.4 is 0 Å². The van der Waals surface area contributed by atoms with Crippen molar-refractivity contribution in [1.29, 1.82) is 0 Å². The Labute approximate surface area is 332 Å². The maximum Gasteiger partial charge on any atom is 0.0541 e. The molecule has 0 aliphatic heterocycles. The smallest absolute Gasteiger partial charge is 0.0541 e. The highest BCUT2D eigenvalue weighted by atomic mass is 15.0. The van der Waals surface area contributed by atoms with Crippen molar-refractivity contribution in [1.82, 2.24) is 9.13 Å². The molecular weight excluding hydrogens is 689 g/mol. The molecule has 0 spiro atoms. The van der Waals surface area contributed by atoms with E-state index in [1.54, 1.807) is 0 Å². The maximum absolute atomic E-state index is 3.45. The van der Waals surface area contributed by atoms with Crippen LogP contribution in [0.2, 0.25) is 0 Å². The summed E-state index contributed by atoms with van der Waals surface area (Å²) in [7, 11) is 0. The van der Waals surface area contributed by atoms with Gasteiger partial charge in [0.25, 0.3) is 0 Å². The van der Waals surface area contributed by atoms with Gasteiger partial charge in [-0.05, 0) is 119 Å². The quantitative estimate of drug-likeness (QED) is 0.157. The summed E-state index contributed by atoms with van der Waals surface area (Å²) in [6, 6.07) is 65.0. The van der Waals surface area contributed by atoms with E-state index >= 15 is 0 Å². The van der Waals surface area contributed by atoms with Crippen molar-refractivity contribution in [3.63, 3.8) is 0 Å². The highest BCUT2D eigenvalue weighted by molar-refractivity contribution is 6.10. The van der Waals surface area contributed by atoms with E-state index in [2.05, 4.69) is 229 Å². The van der Waals surface area contributed by atoms with E-state index < -0.39 is 0 Å². The van der Waals surface area contributed by atoms with Crippen LogP contribution in [0.15, 0.2) is 182 Å². The van der Waals surface area contributed by atoms with Crippen molar-refractivity contribution in [3.05, 3.63) is 215 Å². The zero-order valence-electron chi connectivity index (χ0n) is 31.7. The van der Waals surface area contributed by atoms with Gasteiger partial charge in [0.15, 0.2) is 0 Å². The van der Waals surface area contributed by atoms with Crippen molar-refractivity contribution < 1.29 is 0 Å². The van der Waals surface area contributed by atoms with Gasteiger partial charge < -0.3 is 9.13 Å². The highest BCUT2D eigenvalue weighted by Gasteiger charge is 2.36. The molecule has 57 heavy (non-hydrogen) atoms. The average molecular weight is 725 g/mol. The van der Waals surface area contributed by atoms with Gasteiger partial charge >= 0.3 is 0 Å². The van der Waals surface area contributed by atoms with E-state index in [1.807, 2.05) is 0 Å². The van der Waals surface area contributed by atoms with Crippen LogP contribution in [-0.2, 0) is 5.41 Å². The van der Waals surface area contributed by atoms with E-state index in [4.69, 9.17) is 0 Å². The molecule has 8 aromatic carbocycles. The van der Waals surface area contributed by atoms with Crippen molar-refractivity contribution in [2.24, 2.45) is 0 Å². The van der Waals surface area contributed by atoms with Gasteiger partial charge in [0, 0.05) is 60.6 Å². The molecule has 2 heteroatoms. The number of rotatable bonds is 2. The number of fused-ring (bicyclic) bond motifs is 9. The first kappa shape index (κ1) is 32.9. The minimum Gasteiger partial charge on any atom is -0.309 e. The van der Waals surface area contributed by atoms with Crippen molar-refractivity contribution >= 4 is 43.6 Å². The highest BCUT2D eigenvalue weighted by Crippen LogP contribution is 2.50. The lowest BCUT2D eigenvalue weighted by Crippen LogP contribution is -2.15. The molecular formula is C55H36N2. The number of nitrogens with zero attached hydrogens (tertiary/aromatic N) is 2. The lowest BCUT2D eigenvalue weighted by atomic mass is 9.82. The molecule has 0 amide bonds. The van der Waals surface area contributed by atoms with Crippen LogP contribution in [0.3, 0.4) is 0 Å². The number of hydrogen-bond acceptors (Lipinski definition) is 0. The second-order valence-corrected chi connectivity index (χ2v) is 15.5. The Hall–Kier alpha value is -7.52. The lowest BCUT2D eigenvalue weighted by molar-refractivity contribution is 0.659. The van der Waals surface area contributed by atoms with Crippen LogP contribution in [0.1, 0.15) is 47.2 Å². The summed E-state index contributed by atoms with van der Waals surface area (Å²) in [5.41, 5.74) is 16.2. The van der Waals surface area contributed by atoms with Gasteiger partial charge in [-0.15, -0.1) is 0 Å². The summed E-state index contributed by atoms with van der Waals surface area (Å²) in [4.78, 5) is 0. The molecule has 1 aliphatic carbocycles. The standard InChI is InChI=1S/C55H36N2/c1-55(2)49-35-40(29-33-43(49)44-34-32-42(36-50(44)55)57-53-17-9-5-13-47(53)48-14-6-10-18-54(48)57)26-25-38-21-19-37(20-22-38)23-24-39-27-30-41(31-28-39)56-51-15-7-3-11-45(51)46-12-4-8-16-52(46)56/h3-22,27-36H,1-2H3. The summed E-state index contributed by atoms with van der Waals surface area (Å²) < 4.78 is 4.73. The number of hydrogen-bond donors (Lipinski definition) is 0. The van der Waals surface area contributed by atoms with E-state index in [9.17, 15) is 0 Å². The molecule has 0 bridgehead atoms. The predicted molar refractivity (Wildman–Crippen MR) is 238 cm³/mol. The SMILES string of the molecule is CC1(C)c2cc(C#Cc3ccc(C#Cc4ccc(-n5c6ccccc6c6ccccc65)cc4)cc3)ccc2-c2ccc(-n3c4ccccc4c4ccccc43)cc21. The molecule has 0 radical (unpaired) electrons.